The molecule has 28 heavy (non-hydrogen) atoms. The van der Waals surface area contributed by atoms with Crippen molar-refractivity contribution in [1.82, 2.24) is 4.90 Å². The molecule has 1 aromatic heterocycles. The fraction of sp³-hybridized carbons (Fsp3) is 0.455. The highest BCUT2D eigenvalue weighted by atomic mass is 32.1. The van der Waals surface area contributed by atoms with Gasteiger partial charge in [0.2, 0.25) is 0 Å². The van der Waals surface area contributed by atoms with Crippen LogP contribution in [-0.2, 0) is 11.2 Å². The molecule has 2 aliphatic heterocycles. The van der Waals surface area contributed by atoms with Crippen molar-refractivity contribution < 1.29 is 14.5 Å². The van der Waals surface area contributed by atoms with E-state index in [-0.39, 0.29) is 11.9 Å². The Bertz CT molecular complexity index is 918. The molecule has 3 heterocycles. The molecule has 3 aliphatic rings. The van der Waals surface area contributed by atoms with E-state index < -0.39 is 6.04 Å². The van der Waals surface area contributed by atoms with Gasteiger partial charge in [0.15, 0.2) is 6.67 Å². The zero-order valence-electron chi connectivity index (χ0n) is 16.4. The highest BCUT2D eigenvalue weighted by Gasteiger charge is 2.49. The minimum absolute atomic E-state index is 0.0799. The van der Waals surface area contributed by atoms with Crippen molar-refractivity contribution in [2.75, 3.05) is 18.1 Å². The van der Waals surface area contributed by atoms with Gasteiger partial charge in [-0.1, -0.05) is 17.7 Å². The first-order valence-electron chi connectivity index (χ1n) is 10.2. The van der Waals surface area contributed by atoms with Gasteiger partial charge in [0.1, 0.15) is 12.1 Å². The topological polar surface area (TPSA) is 45.1 Å². The van der Waals surface area contributed by atoms with Crippen LogP contribution < -0.4 is 9.80 Å². The number of carbonyl (C=O) groups is 2. The molecule has 1 aliphatic carbocycles. The van der Waals surface area contributed by atoms with Gasteiger partial charge in [0, 0.05) is 28.5 Å². The Hall–Kier alpha value is -2.18. The minimum atomic E-state index is -0.449. The summed E-state index contributed by atoms with van der Waals surface area (Å²) in [5.74, 6) is 0.616. The summed E-state index contributed by atoms with van der Waals surface area (Å²) in [6.07, 6.45) is 3.56. The fourth-order valence-electron chi connectivity index (χ4n) is 4.79. The van der Waals surface area contributed by atoms with Gasteiger partial charge < -0.3 is 4.90 Å². The largest absolute Gasteiger partial charge is 0.336 e. The standard InChI is InChI=1S/C22H25N3O2S/c1-14-3-7-17(8-4-14)25-15(2)21(26)24(22(25)27)13-23-11-9-19-18(10-12-28-19)20(23)16-5-6-16/h3-4,7-8,10,12,15-16,20H,5-6,9,11,13H2,1-2H3/p+1/t15-,20-/m0/s1. The van der Waals surface area contributed by atoms with Crippen molar-refractivity contribution in [1.29, 1.82) is 0 Å². The van der Waals surface area contributed by atoms with Crippen molar-refractivity contribution in [3.63, 3.8) is 0 Å². The number of benzene rings is 1. The average molecular weight is 397 g/mol. The van der Waals surface area contributed by atoms with Crippen LogP contribution >= 0.6 is 11.3 Å². The van der Waals surface area contributed by atoms with Crippen LogP contribution in [0.1, 0.15) is 41.8 Å². The number of rotatable bonds is 4. The number of hydrogen-bond donors (Lipinski definition) is 1. The van der Waals surface area contributed by atoms with Crippen molar-refractivity contribution in [2.45, 2.75) is 45.2 Å². The maximum Gasteiger partial charge on any atom is 0.336 e. The second-order valence-corrected chi connectivity index (χ2v) is 9.36. The number of carbonyl (C=O) groups excluding carboxylic acids is 2. The SMILES string of the molecule is Cc1ccc(N2C(=O)N(C[NH+]3CCc4sccc4[C@@H]3C3CC3)C(=O)[C@@H]2C)cc1. The molecule has 2 fully saturated rings. The second kappa shape index (κ2) is 6.71. The summed E-state index contributed by atoms with van der Waals surface area (Å²) in [6.45, 7) is 5.32. The Morgan fingerprint density at radius 1 is 1.14 bits per heavy atom. The van der Waals surface area contributed by atoms with E-state index in [0.29, 0.717) is 18.6 Å². The molecule has 1 N–H and O–H groups in total. The van der Waals surface area contributed by atoms with Crippen LogP contribution in [0.5, 0.6) is 0 Å². The van der Waals surface area contributed by atoms with E-state index in [1.807, 2.05) is 49.4 Å². The van der Waals surface area contributed by atoms with E-state index in [2.05, 4.69) is 11.4 Å². The molecule has 5 nitrogen and oxygen atoms in total. The third-order valence-corrected chi connectivity index (χ3v) is 7.44. The molecular formula is C22H26N3O2S+. The first-order chi connectivity index (χ1) is 13.5. The summed E-state index contributed by atoms with van der Waals surface area (Å²) >= 11 is 1.85. The number of quaternary nitrogens is 1. The number of aryl methyl sites for hydroxylation is 1. The van der Waals surface area contributed by atoms with Crippen LogP contribution in [0.15, 0.2) is 35.7 Å². The van der Waals surface area contributed by atoms with E-state index in [9.17, 15) is 9.59 Å². The van der Waals surface area contributed by atoms with Crippen LogP contribution in [0, 0.1) is 12.8 Å². The minimum Gasteiger partial charge on any atom is -0.311 e. The predicted molar refractivity (Wildman–Crippen MR) is 110 cm³/mol. The summed E-state index contributed by atoms with van der Waals surface area (Å²) in [7, 11) is 0. The summed E-state index contributed by atoms with van der Waals surface area (Å²) in [5, 5.41) is 2.19. The van der Waals surface area contributed by atoms with Gasteiger partial charge in [-0.3, -0.25) is 9.69 Å². The molecule has 1 aromatic carbocycles. The monoisotopic (exact) mass is 396 g/mol. The van der Waals surface area contributed by atoms with E-state index in [0.717, 1.165) is 24.2 Å². The number of amides is 3. The number of imide groups is 1. The zero-order chi connectivity index (χ0) is 19.4. The molecule has 3 amide bonds. The molecule has 5 rings (SSSR count). The highest BCUT2D eigenvalue weighted by Crippen LogP contribution is 2.42. The van der Waals surface area contributed by atoms with Gasteiger partial charge in [-0.25, -0.2) is 9.69 Å². The van der Waals surface area contributed by atoms with Crippen molar-refractivity contribution in [3.05, 3.63) is 51.7 Å². The average Bonchev–Trinajstić information content (AvgIpc) is 3.37. The smallest absolute Gasteiger partial charge is 0.311 e. The predicted octanol–water partition coefficient (Wildman–Crippen LogP) is 2.76. The van der Waals surface area contributed by atoms with E-state index >= 15 is 0 Å². The van der Waals surface area contributed by atoms with Crippen molar-refractivity contribution >= 4 is 29.0 Å². The molecule has 146 valence electrons. The first-order valence-corrected chi connectivity index (χ1v) is 11.0. The molecule has 1 saturated heterocycles. The number of anilines is 1. The molecule has 2 aromatic rings. The number of urea groups is 1. The van der Waals surface area contributed by atoms with E-state index in [1.165, 1.54) is 33.1 Å². The molecule has 0 bridgehead atoms. The van der Waals surface area contributed by atoms with Crippen LogP contribution in [0.3, 0.4) is 0 Å². The van der Waals surface area contributed by atoms with Gasteiger partial charge in [-0.15, -0.1) is 11.3 Å². The molecule has 1 unspecified atom stereocenters. The van der Waals surface area contributed by atoms with E-state index in [1.54, 1.807) is 4.90 Å². The van der Waals surface area contributed by atoms with Crippen molar-refractivity contribution in [3.8, 4) is 0 Å². The highest BCUT2D eigenvalue weighted by molar-refractivity contribution is 7.10. The van der Waals surface area contributed by atoms with Gasteiger partial charge in [-0.2, -0.15) is 0 Å². The Labute approximate surface area is 169 Å². The Balaban J connectivity index is 1.40. The lowest BCUT2D eigenvalue weighted by atomic mass is 9.96. The van der Waals surface area contributed by atoms with Gasteiger partial charge in [0.05, 0.1) is 6.54 Å². The summed E-state index contributed by atoms with van der Waals surface area (Å²) < 4.78 is 0. The summed E-state index contributed by atoms with van der Waals surface area (Å²) in [6, 6.07) is 9.89. The molecule has 1 saturated carbocycles. The maximum atomic E-state index is 13.2. The van der Waals surface area contributed by atoms with Crippen LogP contribution in [0.2, 0.25) is 0 Å². The third kappa shape index (κ3) is 2.86. The van der Waals surface area contributed by atoms with Gasteiger partial charge in [0.25, 0.3) is 5.91 Å². The van der Waals surface area contributed by atoms with Crippen molar-refractivity contribution in [2.24, 2.45) is 5.92 Å². The fourth-order valence-corrected chi connectivity index (χ4v) is 5.72. The zero-order valence-corrected chi connectivity index (χ0v) is 17.2. The lowest BCUT2D eigenvalue weighted by molar-refractivity contribution is -0.943. The summed E-state index contributed by atoms with van der Waals surface area (Å²) in [4.78, 5) is 32.2. The lowest BCUT2D eigenvalue weighted by Gasteiger charge is -2.34. The molecular weight excluding hydrogens is 370 g/mol. The lowest BCUT2D eigenvalue weighted by Crippen LogP contribution is -3.15. The maximum absolute atomic E-state index is 13.2. The number of thiophene rings is 1. The van der Waals surface area contributed by atoms with E-state index in [4.69, 9.17) is 0 Å². The molecule has 6 heteroatoms. The second-order valence-electron chi connectivity index (χ2n) is 8.36. The Kier molecular flexibility index (Phi) is 4.29. The van der Waals surface area contributed by atoms with Crippen LogP contribution in [0.4, 0.5) is 10.5 Å². The number of fused-ring (bicyclic) bond motifs is 1. The number of nitrogens with one attached hydrogen (secondary N) is 1. The molecule has 0 spiro atoms. The van der Waals surface area contributed by atoms with Gasteiger partial charge in [-0.05, 0) is 50.3 Å². The quantitative estimate of drug-likeness (QED) is 0.808. The number of nitrogens with zero attached hydrogens (tertiary/aromatic N) is 2. The first kappa shape index (κ1) is 17.9. The van der Waals surface area contributed by atoms with Gasteiger partial charge >= 0.3 is 6.03 Å². The Morgan fingerprint density at radius 2 is 1.89 bits per heavy atom. The molecule has 3 atom stereocenters. The summed E-state index contributed by atoms with van der Waals surface area (Å²) in [5.41, 5.74) is 3.39. The van der Waals surface area contributed by atoms with Crippen LogP contribution in [0.25, 0.3) is 0 Å². The Morgan fingerprint density at radius 3 is 2.61 bits per heavy atom. The van der Waals surface area contributed by atoms with Crippen LogP contribution in [-0.4, -0.2) is 36.1 Å². The third-order valence-electron chi connectivity index (χ3n) is 6.44. The number of hydrogen-bond acceptors (Lipinski definition) is 3. The normalized spacial score (nSPS) is 27.4. The molecule has 0 radical (unpaired) electrons.